The van der Waals surface area contributed by atoms with Crippen molar-refractivity contribution in [2.45, 2.75) is 70.9 Å². The van der Waals surface area contributed by atoms with Crippen molar-refractivity contribution in [3.05, 3.63) is 0 Å². The topological polar surface area (TPSA) is 45.3 Å². The molecule has 6 nitrogen and oxygen atoms in total. The molecule has 0 aromatic rings. The van der Waals surface area contributed by atoms with Crippen molar-refractivity contribution >= 4 is 6.09 Å². The van der Waals surface area contributed by atoms with Gasteiger partial charge in [0.05, 0.1) is 6.61 Å². The van der Waals surface area contributed by atoms with Gasteiger partial charge in [0.1, 0.15) is 5.60 Å². The Hall–Kier alpha value is -0.850. The molecule has 0 spiro atoms. The van der Waals surface area contributed by atoms with Gasteiger partial charge in [-0.15, -0.1) is 0 Å². The number of ether oxygens (including phenoxy) is 2. The van der Waals surface area contributed by atoms with Gasteiger partial charge in [0, 0.05) is 45.4 Å². The molecule has 3 aliphatic rings. The summed E-state index contributed by atoms with van der Waals surface area (Å²) in [5.74, 6) is 0.638. The fraction of sp³-hybridized carbons (Fsp3) is 0.955. The Kier molecular flexibility index (Phi) is 8.01. The van der Waals surface area contributed by atoms with E-state index in [4.69, 9.17) is 9.47 Å². The SMILES string of the molecule is CC(C)(C)OC(=O)N1CCN2C[C@@H](COCCCN3CCCCC3)CC[C@H]2C1. The maximum Gasteiger partial charge on any atom is 0.410 e. The number of fused-ring (bicyclic) bond motifs is 1. The number of carbonyl (C=O) groups excluding carboxylic acids is 1. The number of hydrogen-bond donors (Lipinski definition) is 0. The minimum atomic E-state index is -0.419. The van der Waals surface area contributed by atoms with Crippen LogP contribution in [0, 0.1) is 5.92 Å². The van der Waals surface area contributed by atoms with Crippen molar-refractivity contribution in [1.82, 2.24) is 14.7 Å². The van der Waals surface area contributed by atoms with Gasteiger partial charge in [-0.1, -0.05) is 6.42 Å². The summed E-state index contributed by atoms with van der Waals surface area (Å²) in [6, 6.07) is 0.483. The third-order valence-corrected chi connectivity index (χ3v) is 6.22. The van der Waals surface area contributed by atoms with E-state index in [1.807, 2.05) is 25.7 Å². The maximum atomic E-state index is 12.3. The first-order valence-corrected chi connectivity index (χ1v) is 11.4. The average molecular weight is 396 g/mol. The van der Waals surface area contributed by atoms with Crippen molar-refractivity contribution < 1.29 is 14.3 Å². The van der Waals surface area contributed by atoms with E-state index in [-0.39, 0.29) is 6.09 Å². The van der Waals surface area contributed by atoms with E-state index in [9.17, 15) is 4.79 Å². The minimum absolute atomic E-state index is 0.161. The molecule has 0 bridgehead atoms. The first kappa shape index (κ1) is 21.8. The lowest BCUT2D eigenvalue weighted by molar-refractivity contribution is -0.0194. The van der Waals surface area contributed by atoms with Gasteiger partial charge in [-0.25, -0.2) is 4.79 Å². The molecule has 2 atom stereocenters. The number of carbonyl (C=O) groups is 1. The van der Waals surface area contributed by atoms with E-state index in [2.05, 4.69) is 9.80 Å². The Morgan fingerprint density at radius 3 is 2.54 bits per heavy atom. The predicted octanol–water partition coefficient (Wildman–Crippen LogP) is 3.21. The van der Waals surface area contributed by atoms with Crippen LogP contribution in [-0.2, 0) is 9.47 Å². The van der Waals surface area contributed by atoms with Crippen molar-refractivity contribution in [3.63, 3.8) is 0 Å². The smallest absolute Gasteiger partial charge is 0.410 e. The Bertz CT molecular complexity index is 488. The molecule has 3 heterocycles. The molecule has 0 radical (unpaired) electrons. The molecular weight excluding hydrogens is 354 g/mol. The molecule has 3 saturated heterocycles. The summed E-state index contributed by atoms with van der Waals surface area (Å²) < 4.78 is 11.6. The van der Waals surface area contributed by atoms with Gasteiger partial charge in [0.2, 0.25) is 0 Å². The van der Waals surface area contributed by atoms with E-state index in [1.54, 1.807) is 0 Å². The second-order valence-electron chi connectivity index (χ2n) is 9.85. The summed E-state index contributed by atoms with van der Waals surface area (Å²) in [5, 5.41) is 0. The van der Waals surface area contributed by atoms with Crippen LogP contribution in [0.5, 0.6) is 0 Å². The lowest BCUT2D eigenvalue weighted by atomic mass is 9.91. The normalized spacial score (nSPS) is 27.5. The van der Waals surface area contributed by atoms with Gasteiger partial charge in [0.15, 0.2) is 0 Å². The van der Waals surface area contributed by atoms with E-state index >= 15 is 0 Å². The molecule has 3 aliphatic heterocycles. The van der Waals surface area contributed by atoms with Crippen LogP contribution in [0.2, 0.25) is 0 Å². The Balaban J connectivity index is 1.30. The summed E-state index contributed by atoms with van der Waals surface area (Å²) in [5.41, 5.74) is -0.419. The predicted molar refractivity (Wildman–Crippen MR) is 112 cm³/mol. The molecule has 0 saturated carbocycles. The number of nitrogens with zero attached hydrogens (tertiary/aromatic N) is 3. The van der Waals surface area contributed by atoms with Crippen LogP contribution < -0.4 is 0 Å². The third kappa shape index (κ3) is 6.89. The zero-order valence-corrected chi connectivity index (χ0v) is 18.3. The molecule has 0 unspecified atom stereocenters. The third-order valence-electron chi connectivity index (χ3n) is 6.22. The van der Waals surface area contributed by atoms with Crippen LogP contribution in [0.25, 0.3) is 0 Å². The first-order valence-electron chi connectivity index (χ1n) is 11.4. The van der Waals surface area contributed by atoms with Gasteiger partial charge in [0.25, 0.3) is 0 Å². The highest BCUT2D eigenvalue weighted by atomic mass is 16.6. The second-order valence-corrected chi connectivity index (χ2v) is 9.85. The van der Waals surface area contributed by atoms with Crippen molar-refractivity contribution in [3.8, 4) is 0 Å². The minimum Gasteiger partial charge on any atom is -0.444 e. The fourth-order valence-electron chi connectivity index (χ4n) is 4.71. The quantitative estimate of drug-likeness (QED) is 0.646. The summed E-state index contributed by atoms with van der Waals surface area (Å²) in [4.78, 5) is 19.4. The number of piperidine rings is 2. The summed E-state index contributed by atoms with van der Waals surface area (Å²) in [6.45, 7) is 15.0. The summed E-state index contributed by atoms with van der Waals surface area (Å²) in [7, 11) is 0. The molecule has 0 N–H and O–H groups in total. The molecule has 28 heavy (non-hydrogen) atoms. The Morgan fingerprint density at radius 1 is 1.00 bits per heavy atom. The first-order chi connectivity index (χ1) is 13.4. The molecule has 3 fully saturated rings. The molecule has 1 amide bonds. The second kappa shape index (κ2) is 10.3. The summed E-state index contributed by atoms with van der Waals surface area (Å²) >= 11 is 0. The Labute approximate surface area is 171 Å². The average Bonchev–Trinajstić information content (AvgIpc) is 2.66. The van der Waals surface area contributed by atoms with Crippen LogP contribution in [0.15, 0.2) is 0 Å². The summed E-state index contributed by atoms with van der Waals surface area (Å²) in [6.07, 6.45) is 7.49. The maximum absolute atomic E-state index is 12.3. The lowest BCUT2D eigenvalue weighted by Crippen LogP contribution is -2.58. The van der Waals surface area contributed by atoms with E-state index in [0.29, 0.717) is 12.0 Å². The van der Waals surface area contributed by atoms with Gasteiger partial charge < -0.3 is 19.3 Å². The van der Waals surface area contributed by atoms with Gasteiger partial charge in [-0.2, -0.15) is 0 Å². The van der Waals surface area contributed by atoms with Crippen LogP contribution in [0.1, 0.15) is 59.3 Å². The van der Waals surface area contributed by atoms with Crippen LogP contribution >= 0.6 is 0 Å². The molecule has 3 rings (SSSR count). The molecular formula is C22H41N3O3. The van der Waals surface area contributed by atoms with Crippen LogP contribution in [0.4, 0.5) is 4.79 Å². The molecule has 0 aromatic heterocycles. The Morgan fingerprint density at radius 2 is 1.79 bits per heavy atom. The monoisotopic (exact) mass is 395 g/mol. The number of likely N-dealkylation sites (tertiary alicyclic amines) is 1. The lowest BCUT2D eigenvalue weighted by Gasteiger charge is -2.46. The largest absolute Gasteiger partial charge is 0.444 e. The van der Waals surface area contributed by atoms with E-state index in [1.165, 1.54) is 45.3 Å². The van der Waals surface area contributed by atoms with Crippen molar-refractivity contribution in [1.29, 1.82) is 0 Å². The molecule has 162 valence electrons. The zero-order valence-electron chi connectivity index (χ0n) is 18.3. The highest BCUT2D eigenvalue weighted by Crippen LogP contribution is 2.26. The number of amides is 1. The van der Waals surface area contributed by atoms with Gasteiger partial charge in [-0.05, 0) is 71.9 Å². The standard InChI is InChI=1S/C22H41N3O3/c1-22(2,3)28-21(26)25-14-13-24-16-19(8-9-20(24)17-25)18-27-15-7-12-23-10-5-4-6-11-23/h19-20H,4-18H2,1-3H3/t19-,20-/m0/s1. The molecule has 0 aliphatic carbocycles. The van der Waals surface area contributed by atoms with E-state index < -0.39 is 5.60 Å². The van der Waals surface area contributed by atoms with Crippen molar-refractivity contribution in [2.75, 3.05) is 59.0 Å². The van der Waals surface area contributed by atoms with Crippen LogP contribution in [0.3, 0.4) is 0 Å². The molecule has 0 aromatic carbocycles. The number of piperazine rings is 1. The highest BCUT2D eigenvalue weighted by Gasteiger charge is 2.35. The zero-order chi connectivity index (χ0) is 20.0. The van der Waals surface area contributed by atoms with Gasteiger partial charge in [-0.3, -0.25) is 4.90 Å². The van der Waals surface area contributed by atoms with Crippen molar-refractivity contribution in [2.24, 2.45) is 5.92 Å². The fourth-order valence-corrected chi connectivity index (χ4v) is 4.71. The highest BCUT2D eigenvalue weighted by molar-refractivity contribution is 5.68. The van der Waals surface area contributed by atoms with Crippen LogP contribution in [-0.4, -0.2) is 91.5 Å². The van der Waals surface area contributed by atoms with E-state index in [0.717, 1.165) is 52.2 Å². The molecule has 6 heteroatoms. The number of rotatable bonds is 6. The number of hydrogen-bond acceptors (Lipinski definition) is 5. The van der Waals surface area contributed by atoms with Gasteiger partial charge >= 0.3 is 6.09 Å².